The van der Waals surface area contributed by atoms with Crippen molar-refractivity contribution in [2.45, 2.75) is 13.0 Å². The van der Waals surface area contributed by atoms with Gasteiger partial charge in [-0.2, -0.15) is 11.3 Å². The molecule has 0 unspecified atom stereocenters. The number of hydrogen-bond acceptors (Lipinski definition) is 2. The second-order valence-corrected chi connectivity index (χ2v) is 5.21. The molecule has 0 aliphatic heterocycles. The van der Waals surface area contributed by atoms with Crippen molar-refractivity contribution >= 4 is 41.3 Å². The highest BCUT2D eigenvalue weighted by molar-refractivity contribution is 14.0. The van der Waals surface area contributed by atoms with Crippen molar-refractivity contribution < 1.29 is 8.78 Å². The molecule has 0 bridgehead atoms. The fourth-order valence-electron chi connectivity index (χ4n) is 1.88. The standard InChI is InChI=1S/C15H17F2N3S.HI/c1-18-15(20-9-11-6-8-21-10-11)19-7-5-12-13(16)3-2-4-14(12)17;/h2-4,6,8,10H,5,7,9H2,1H3,(H2,18,19,20);1H. The van der Waals surface area contributed by atoms with Gasteiger partial charge >= 0.3 is 0 Å². The third kappa shape index (κ3) is 5.53. The number of halogens is 3. The second-order valence-electron chi connectivity index (χ2n) is 4.43. The topological polar surface area (TPSA) is 36.4 Å². The summed E-state index contributed by atoms with van der Waals surface area (Å²) < 4.78 is 27.0. The van der Waals surface area contributed by atoms with E-state index in [1.54, 1.807) is 18.4 Å². The number of hydrogen-bond donors (Lipinski definition) is 2. The molecule has 0 atom stereocenters. The molecule has 2 N–H and O–H groups in total. The SMILES string of the molecule is CN=C(NCCc1c(F)cccc1F)NCc1ccsc1.I. The van der Waals surface area contributed by atoms with Gasteiger partial charge in [-0.05, 0) is 40.9 Å². The number of guanidine groups is 1. The van der Waals surface area contributed by atoms with Crippen molar-refractivity contribution in [2.75, 3.05) is 13.6 Å². The molecular formula is C15H18F2IN3S. The van der Waals surface area contributed by atoms with Gasteiger partial charge in [0.05, 0.1) is 0 Å². The molecule has 1 heterocycles. The molecule has 2 aromatic rings. The Balaban J connectivity index is 0.00000242. The van der Waals surface area contributed by atoms with Gasteiger partial charge in [0.15, 0.2) is 5.96 Å². The van der Waals surface area contributed by atoms with Gasteiger partial charge in [-0.25, -0.2) is 8.78 Å². The second kappa shape index (κ2) is 9.73. The summed E-state index contributed by atoms with van der Waals surface area (Å²) in [7, 11) is 1.66. The van der Waals surface area contributed by atoms with Crippen LogP contribution in [0.15, 0.2) is 40.0 Å². The van der Waals surface area contributed by atoms with E-state index in [0.717, 1.165) is 0 Å². The van der Waals surface area contributed by atoms with E-state index in [0.29, 0.717) is 19.0 Å². The van der Waals surface area contributed by atoms with Gasteiger partial charge in [0.25, 0.3) is 0 Å². The highest BCUT2D eigenvalue weighted by atomic mass is 127. The Morgan fingerprint density at radius 3 is 2.50 bits per heavy atom. The van der Waals surface area contributed by atoms with E-state index in [-0.39, 0.29) is 36.0 Å². The molecule has 0 aliphatic rings. The monoisotopic (exact) mass is 437 g/mol. The van der Waals surface area contributed by atoms with Gasteiger partial charge < -0.3 is 10.6 Å². The lowest BCUT2D eigenvalue weighted by Gasteiger charge is -2.12. The van der Waals surface area contributed by atoms with Crippen LogP contribution in [0.2, 0.25) is 0 Å². The first-order valence-corrected chi connectivity index (χ1v) is 7.53. The number of thiophene rings is 1. The predicted molar refractivity (Wildman–Crippen MR) is 98.0 cm³/mol. The lowest BCUT2D eigenvalue weighted by molar-refractivity contribution is 0.553. The molecule has 0 radical (unpaired) electrons. The van der Waals surface area contributed by atoms with E-state index in [9.17, 15) is 8.78 Å². The zero-order chi connectivity index (χ0) is 15.1. The summed E-state index contributed by atoms with van der Waals surface area (Å²) in [5.41, 5.74) is 1.27. The van der Waals surface area contributed by atoms with Crippen LogP contribution >= 0.6 is 35.3 Å². The summed E-state index contributed by atoms with van der Waals surface area (Å²) in [6.45, 7) is 1.07. The van der Waals surface area contributed by atoms with Crippen LogP contribution < -0.4 is 10.6 Å². The Labute approximate surface area is 149 Å². The van der Waals surface area contributed by atoms with E-state index in [4.69, 9.17) is 0 Å². The predicted octanol–water partition coefficient (Wildman–Crippen LogP) is 3.55. The maximum atomic E-state index is 13.5. The lowest BCUT2D eigenvalue weighted by Crippen LogP contribution is -2.37. The molecule has 0 saturated carbocycles. The quantitative estimate of drug-likeness (QED) is 0.427. The number of aliphatic imine (C=N–C) groups is 1. The molecule has 22 heavy (non-hydrogen) atoms. The number of nitrogens with zero attached hydrogens (tertiary/aromatic N) is 1. The van der Waals surface area contributed by atoms with E-state index in [2.05, 4.69) is 21.0 Å². The molecule has 3 nitrogen and oxygen atoms in total. The fraction of sp³-hybridized carbons (Fsp3) is 0.267. The number of benzene rings is 1. The molecule has 0 aliphatic carbocycles. The Kier molecular flexibility index (Phi) is 8.32. The first-order chi connectivity index (χ1) is 10.2. The average molecular weight is 437 g/mol. The van der Waals surface area contributed by atoms with Crippen molar-refractivity contribution in [3.8, 4) is 0 Å². The fourth-order valence-corrected chi connectivity index (χ4v) is 2.55. The molecule has 0 saturated heterocycles. The molecule has 2 rings (SSSR count). The Bertz CT molecular complexity index is 583. The zero-order valence-corrected chi connectivity index (χ0v) is 15.3. The van der Waals surface area contributed by atoms with Crippen molar-refractivity contribution in [2.24, 2.45) is 4.99 Å². The van der Waals surface area contributed by atoms with Crippen LogP contribution in [0.1, 0.15) is 11.1 Å². The summed E-state index contributed by atoms with van der Waals surface area (Å²) in [5, 5.41) is 10.2. The normalized spacial score (nSPS) is 11.0. The molecule has 120 valence electrons. The van der Waals surface area contributed by atoms with Gasteiger partial charge in [0.2, 0.25) is 0 Å². The Hall–Kier alpha value is -1.22. The van der Waals surface area contributed by atoms with Crippen LogP contribution in [-0.4, -0.2) is 19.6 Å². The minimum absolute atomic E-state index is 0. The molecule has 0 spiro atoms. The summed E-state index contributed by atoms with van der Waals surface area (Å²) in [5.74, 6) is -0.422. The van der Waals surface area contributed by atoms with Crippen LogP contribution in [0.5, 0.6) is 0 Å². The van der Waals surface area contributed by atoms with Crippen LogP contribution in [0.4, 0.5) is 8.78 Å². The van der Waals surface area contributed by atoms with Gasteiger partial charge in [-0.1, -0.05) is 6.07 Å². The van der Waals surface area contributed by atoms with E-state index < -0.39 is 11.6 Å². The highest BCUT2D eigenvalue weighted by Crippen LogP contribution is 2.12. The van der Waals surface area contributed by atoms with Crippen molar-refractivity contribution in [3.05, 3.63) is 57.8 Å². The Morgan fingerprint density at radius 2 is 1.91 bits per heavy atom. The molecule has 1 aromatic carbocycles. The van der Waals surface area contributed by atoms with Crippen LogP contribution in [-0.2, 0) is 13.0 Å². The lowest BCUT2D eigenvalue weighted by atomic mass is 10.1. The summed E-state index contributed by atoms with van der Waals surface area (Å²) in [4.78, 5) is 4.07. The first kappa shape index (κ1) is 18.8. The zero-order valence-electron chi connectivity index (χ0n) is 12.1. The maximum Gasteiger partial charge on any atom is 0.191 e. The van der Waals surface area contributed by atoms with Crippen molar-refractivity contribution in [1.82, 2.24) is 10.6 Å². The summed E-state index contributed by atoms with van der Waals surface area (Å²) in [6, 6.07) is 5.92. The van der Waals surface area contributed by atoms with E-state index in [1.165, 1.54) is 23.8 Å². The number of rotatable bonds is 5. The van der Waals surface area contributed by atoms with Gasteiger partial charge in [-0.15, -0.1) is 24.0 Å². The molecule has 7 heteroatoms. The van der Waals surface area contributed by atoms with Gasteiger partial charge in [-0.3, -0.25) is 4.99 Å². The summed E-state index contributed by atoms with van der Waals surface area (Å²) in [6.07, 6.45) is 0.262. The van der Waals surface area contributed by atoms with Gasteiger partial charge in [0, 0.05) is 25.7 Å². The van der Waals surface area contributed by atoms with E-state index in [1.807, 2.05) is 11.4 Å². The molecular weight excluding hydrogens is 419 g/mol. The largest absolute Gasteiger partial charge is 0.356 e. The van der Waals surface area contributed by atoms with Crippen molar-refractivity contribution in [3.63, 3.8) is 0 Å². The minimum Gasteiger partial charge on any atom is -0.356 e. The molecule has 0 amide bonds. The third-order valence-corrected chi connectivity index (χ3v) is 3.72. The average Bonchev–Trinajstić information content (AvgIpc) is 2.98. The van der Waals surface area contributed by atoms with Crippen LogP contribution in [0, 0.1) is 11.6 Å². The van der Waals surface area contributed by atoms with Crippen molar-refractivity contribution in [1.29, 1.82) is 0 Å². The summed E-state index contributed by atoms with van der Waals surface area (Å²) >= 11 is 1.63. The highest BCUT2D eigenvalue weighted by Gasteiger charge is 2.08. The smallest absolute Gasteiger partial charge is 0.191 e. The molecule has 0 fully saturated rings. The number of nitrogens with one attached hydrogen (secondary N) is 2. The third-order valence-electron chi connectivity index (χ3n) is 2.99. The van der Waals surface area contributed by atoms with Gasteiger partial charge in [0.1, 0.15) is 11.6 Å². The minimum atomic E-state index is -0.516. The van der Waals surface area contributed by atoms with Crippen LogP contribution in [0.25, 0.3) is 0 Å². The Morgan fingerprint density at radius 1 is 1.18 bits per heavy atom. The van der Waals surface area contributed by atoms with E-state index >= 15 is 0 Å². The molecule has 1 aromatic heterocycles. The first-order valence-electron chi connectivity index (χ1n) is 6.59. The van der Waals surface area contributed by atoms with Crippen LogP contribution in [0.3, 0.4) is 0 Å². The maximum absolute atomic E-state index is 13.5.